The number of aliphatic carboxylic acids is 1. The lowest BCUT2D eigenvalue weighted by Crippen LogP contribution is -2.34. The fourth-order valence-electron chi connectivity index (χ4n) is 3.63. The van der Waals surface area contributed by atoms with Crippen molar-refractivity contribution in [3.05, 3.63) is 30.0 Å². The highest BCUT2D eigenvalue weighted by atomic mass is 16.6. The highest BCUT2D eigenvalue weighted by Gasteiger charge is 2.48. The maximum atomic E-state index is 11.9. The predicted molar refractivity (Wildman–Crippen MR) is 89.5 cm³/mol. The Morgan fingerprint density at radius 3 is 2.77 bits per heavy atom. The fourth-order valence-corrected chi connectivity index (χ4v) is 3.63. The van der Waals surface area contributed by atoms with Crippen LogP contribution in [-0.2, 0) is 20.8 Å². The SMILES string of the molecule is CC(=O)c1cn(CC(=O)O)c2ccc(O[C@@H]3CO[C@H]4[C@@H]3OC[C@H]4O)cc12. The summed E-state index contributed by atoms with van der Waals surface area (Å²) < 4.78 is 18.6. The molecule has 2 aliphatic heterocycles. The monoisotopic (exact) mass is 361 g/mol. The molecular formula is C18H19NO7. The number of hydrogen-bond acceptors (Lipinski definition) is 6. The molecule has 2 aromatic rings. The second kappa shape index (κ2) is 6.39. The van der Waals surface area contributed by atoms with Crippen LogP contribution >= 0.6 is 0 Å². The van der Waals surface area contributed by atoms with Gasteiger partial charge < -0.3 is 29.0 Å². The second-order valence-electron chi connectivity index (χ2n) is 6.62. The van der Waals surface area contributed by atoms with E-state index in [2.05, 4.69) is 0 Å². The van der Waals surface area contributed by atoms with Gasteiger partial charge in [0.25, 0.3) is 0 Å². The van der Waals surface area contributed by atoms with E-state index in [0.29, 0.717) is 28.8 Å². The molecule has 0 amide bonds. The molecule has 2 fully saturated rings. The van der Waals surface area contributed by atoms with E-state index in [1.807, 2.05) is 0 Å². The van der Waals surface area contributed by atoms with Crippen molar-refractivity contribution in [2.24, 2.45) is 0 Å². The minimum absolute atomic E-state index is 0.150. The maximum absolute atomic E-state index is 11.9. The van der Waals surface area contributed by atoms with E-state index in [4.69, 9.17) is 19.3 Å². The molecule has 8 nitrogen and oxygen atoms in total. The molecule has 0 saturated carbocycles. The van der Waals surface area contributed by atoms with Gasteiger partial charge in [-0.1, -0.05) is 0 Å². The number of ether oxygens (including phenoxy) is 3. The van der Waals surface area contributed by atoms with Gasteiger partial charge >= 0.3 is 5.97 Å². The van der Waals surface area contributed by atoms with Gasteiger partial charge in [-0.2, -0.15) is 0 Å². The average molecular weight is 361 g/mol. The van der Waals surface area contributed by atoms with Crippen LogP contribution in [0.15, 0.2) is 24.4 Å². The van der Waals surface area contributed by atoms with Crippen LogP contribution in [0.5, 0.6) is 5.75 Å². The topological polar surface area (TPSA) is 107 Å². The summed E-state index contributed by atoms with van der Waals surface area (Å²) >= 11 is 0. The lowest BCUT2D eigenvalue weighted by atomic mass is 10.1. The highest BCUT2D eigenvalue weighted by molar-refractivity contribution is 6.07. The Kier molecular flexibility index (Phi) is 4.18. The van der Waals surface area contributed by atoms with E-state index >= 15 is 0 Å². The molecule has 0 unspecified atom stereocenters. The Balaban J connectivity index is 1.64. The number of aliphatic hydroxyl groups is 1. The zero-order chi connectivity index (χ0) is 18.4. The van der Waals surface area contributed by atoms with Crippen LogP contribution in [0.1, 0.15) is 17.3 Å². The van der Waals surface area contributed by atoms with Crippen molar-refractivity contribution in [3.63, 3.8) is 0 Å². The molecule has 0 aliphatic carbocycles. The maximum Gasteiger partial charge on any atom is 0.323 e. The minimum Gasteiger partial charge on any atom is -0.485 e. The number of hydrogen-bond donors (Lipinski definition) is 2. The molecule has 2 saturated heterocycles. The number of carboxylic acid groups (broad SMARTS) is 1. The standard InChI is InChI=1S/C18H19NO7/c1-9(20)12-5-19(6-16(22)23)13-3-2-10(4-11(12)13)26-15-8-25-17-14(21)7-24-18(15)17/h2-5,14-15,17-18,21H,6-8H2,1H3,(H,22,23)/t14-,15-,17-,18-/m1/s1. The van der Waals surface area contributed by atoms with Crippen LogP contribution in [0.4, 0.5) is 0 Å². The summed E-state index contributed by atoms with van der Waals surface area (Å²) in [6.07, 6.45) is -0.157. The largest absolute Gasteiger partial charge is 0.485 e. The molecule has 1 aromatic heterocycles. The number of fused-ring (bicyclic) bond motifs is 2. The summed E-state index contributed by atoms with van der Waals surface area (Å²) in [7, 11) is 0. The number of ketones is 1. The van der Waals surface area contributed by atoms with Gasteiger partial charge in [0.1, 0.15) is 30.6 Å². The van der Waals surface area contributed by atoms with Gasteiger partial charge in [-0.3, -0.25) is 9.59 Å². The molecule has 26 heavy (non-hydrogen) atoms. The van der Waals surface area contributed by atoms with E-state index in [1.54, 1.807) is 24.4 Å². The van der Waals surface area contributed by atoms with Crippen molar-refractivity contribution in [2.45, 2.75) is 37.9 Å². The van der Waals surface area contributed by atoms with Gasteiger partial charge in [0.05, 0.1) is 13.2 Å². The zero-order valence-electron chi connectivity index (χ0n) is 14.1. The van der Waals surface area contributed by atoms with Gasteiger partial charge in [0.15, 0.2) is 11.9 Å². The smallest absolute Gasteiger partial charge is 0.323 e. The third-order valence-electron chi connectivity index (χ3n) is 4.81. The number of Topliss-reactive ketones (excluding diaryl/α,β-unsaturated/α-hetero) is 1. The first-order valence-corrected chi connectivity index (χ1v) is 8.37. The molecular weight excluding hydrogens is 342 g/mol. The van der Waals surface area contributed by atoms with Crippen molar-refractivity contribution in [1.29, 1.82) is 0 Å². The van der Waals surface area contributed by atoms with Gasteiger partial charge in [0, 0.05) is 22.7 Å². The molecule has 4 rings (SSSR count). The third-order valence-corrected chi connectivity index (χ3v) is 4.81. The number of carboxylic acids is 1. The van der Waals surface area contributed by atoms with Crippen LogP contribution < -0.4 is 4.74 Å². The number of carbonyl (C=O) groups is 2. The van der Waals surface area contributed by atoms with Gasteiger partial charge in [-0.15, -0.1) is 0 Å². The van der Waals surface area contributed by atoms with Crippen molar-refractivity contribution in [1.82, 2.24) is 4.57 Å². The molecule has 2 N–H and O–H groups in total. The molecule has 2 aliphatic rings. The van der Waals surface area contributed by atoms with Crippen LogP contribution in [-0.4, -0.2) is 64.2 Å². The molecule has 0 spiro atoms. The normalized spacial score (nSPS) is 27.6. The van der Waals surface area contributed by atoms with E-state index in [-0.39, 0.29) is 37.2 Å². The summed E-state index contributed by atoms with van der Waals surface area (Å²) in [5.41, 5.74) is 1.10. The van der Waals surface area contributed by atoms with Gasteiger partial charge in [0.2, 0.25) is 0 Å². The Hall–Kier alpha value is -2.42. The number of rotatable bonds is 5. The Morgan fingerprint density at radius 1 is 1.27 bits per heavy atom. The molecule has 0 radical (unpaired) electrons. The number of carbonyl (C=O) groups excluding carboxylic acids is 1. The number of aromatic nitrogens is 1. The lowest BCUT2D eigenvalue weighted by molar-refractivity contribution is -0.137. The van der Waals surface area contributed by atoms with E-state index in [9.17, 15) is 14.7 Å². The summed E-state index contributed by atoms with van der Waals surface area (Å²) in [5.74, 6) is -0.599. The summed E-state index contributed by atoms with van der Waals surface area (Å²) in [6.45, 7) is 1.75. The predicted octanol–water partition coefficient (Wildman–Crippen LogP) is 0.834. The summed E-state index contributed by atoms with van der Waals surface area (Å²) in [5, 5.41) is 19.5. The molecule has 3 heterocycles. The molecule has 0 bridgehead atoms. The number of benzene rings is 1. The van der Waals surface area contributed by atoms with E-state index in [0.717, 1.165) is 0 Å². The van der Waals surface area contributed by atoms with Crippen molar-refractivity contribution in [2.75, 3.05) is 13.2 Å². The van der Waals surface area contributed by atoms with E-state index in [1.165, 1.54) is 11.5 Å². The summed E-state index contributed by atoms with van der Waals surface area (Å²) in [6, 6.07) is 5.18. The quantitative estimate of drug-likeness (QED) is 0.760. The van der Waals surface area contributed by atoms with Crippen molar-refractivity contribution >= 4 is 22.7 Å². The third kappa shape index (κ3) is 2.86. The van der Waals surface area contributed by atoms with E-state index < -0.39 is 12.1 Å². The lowest BCUT2D eigenvalue weighted by Gasteiger charge is -2.18. The molecule has 4 atom stereocenters. The fraction of sp³-hybridized carbons (Fsp3) is 0.444. The Labute approximate surface area is 148 Å². The first-order valence-electron chi connectivity index (χ1n) is 8.37. The average Bonchev–Trinajstić information content (AvgIpc) is 3.24. The number of nitrogens with zero attached hydrogens (tertiary/aromatic N) is 1. The Morgan fingerprint density at radius 2 is 2.04 bits per heavy atom. The minimum atomic E-state index is -0.983. The molecule has 1 aromatic carbocycles. The molecule has 138 valence electrons. The zero-order valence-corrected chi connectivity index (χ0v) is 14.1. The summed E-state index contributed by atoms with van der Waals surface area (Å²) in [4.78, 5) is 23.0. The van der Waals surface area contributed by atoms with Crippen molar-refractivity contribution in [3.8, 4) is 5.75 Å². The first-order chi connectivity index (χ1) is 12.4. The molecule has 8 heteroatoms. The van der Waals surface area contributed by atoms with Gasteiger partial charge in [-0.05, 0) is 25.1 Å². The van der Waals surface area contributed by atoms with Crippen LogP contribution in [0.2, 0.25) is 0 Å². The van der Waals surface area contributed by atoms with Crippen LogP contribution in [0.3, 0.4) is 0 Å². The Bertz CT molecular complexity index is 874. The highest BCUT2D eigenvalue weighted by Crippen LogP contribution is 2.32. The second-order valence-corrected chi connectivity index (χ2v) is 6.62. The van der Waals surface area contributed by atoms with Crippen LogP contribution in [0, 0.1) is 0 Å². The van der Waals surface area contributed by atoms with Crippen molar-refractivity contribution < 1.29 is 34.0 Å². The number of aliphatic hydroxyl groups excluding tert-OH is 1. The first kappa shape index (κ1) is 17.0. The van der Waals surface area contributed by atoms with Crippen LogP contribution in [0.25, 0.3) is 10.9 Å². The van der Waals surface area contributed by atoms with Gasteiger partial charge in [-0.25, -0.2) is 0 Å².